The lowest BCUT2D eigenvalue weighted by molar-refractivity contribution is 0.257. The van der Waals surface area contributed by atoms with Gasteiger partial charge in [-0.05, 0) is 41.2 Å². The molecule has 0 saturated heterocycles. The van der Waals surface area contributed by atoms with Crippen molar-refractivity contribution in [3.63, 3.8) is 0 Å². The largest absolute Gasteiger partial charge is 0.496 e. The highest BCUT2D eigenvalue weighted by atomic mass is 79.9. The number of hydrogen-bond acceptors (Lipinski definition) is 1. The molecule has 1 saturated carbocycles. The Labute approximate surface area is 135 Å². The number of methoxy groups -OCH3 is 1. The second-order valence-corrected chi connectivity index (χ2v) is 7.78. The van der Waals surface area contributed by atoms with Crippen LogP contribution in [-0.4, -0.2) is 7.11 Å². The second kappa shape index (κ2) is 5.64. The third-order valence-electron chi connectivity index (χ3n) is 5.13. The topological polar surface area (TPSA) is 9.23 Å². The van der Waals surface area contributed by atoms with Crippen LogP contribution in [0.15, 0.2) is 36.4 Å². The normalized spacial score (nSPS) is 22.4. The van der Waals surface area contributed by atoms with E-state index in [1.54, 1.807) is 7.11 Å². The minimum Gasteiger partial charge on any atom is -0.496 e. The summed E-state index contributed by atoms with van der Waals surface area (Å²) in [6.07, 6.45) is 3.98. The van der Waals surface area contributed by atoms with Gasteiger partial charge in [0, 0.05) is 10.2 Å². The van der Waals surface area contributed by atoms with Gasteiger partial charge in [0.15, 0.2) is 0 Å². The van der Waals surface area contributed by atoms with Crippen molar-refractivity contribution in [3.8, 4) is 5.75 Å². The lowest BCUT2D eigenvalue weighted by Crippen LogP contribution is -2.21. The van der Waals surface area contributed by atoms with Crippen LogP contribution < -0.4 is 4.74 Å². The maximum absolute atomic E-state index is 5.51. The summed E-state index contributed by atoms with van der Waals surface area (Å²) < 4.78 is 5.51. The fourth-order valence-corrected chi connectivity index (χ4v) is 5.21. The van der Waals surface area contributed by atoms with E-state index in [0.29, 0.717) is 16.2 Å². The summed E-state index contributed by atoms with van der Waals surface area (Å²) in [6.45, 7) is 4.81. The Balaban J connectivity index is 2.09. The fraction of sp³-hybridized carbons (Fsp3) is 0.474. The van der Waals surface area contributed by atoms with Crippen LogP contribution >= 0.6 is 15.9 Å². The van der Waals surface area contributed by atoms with Crippen molar-refractivity contribution in [1.82, 2.24) is 0 Å². The van der Waals surface area contributed by atoms with Gasteiger partial charge in [0.2, 0.25) is 0 Å². The van der Waals surface area contributed by atoms with Crippen LogP contribution in [0.2, 0.25) is 0 Å². The van der Waals surface area contributed by atoms with Gasteiger partial charge in [0.05, 0.1) is 7.11 Å². The van der Waals surface area contributed by atoms with Crippen molar-refractivity contribution in [2.45, 2.75) is 37.9 Å². The van der Waals surface area contributed by atoms with Crippen molar-refractivity contribution in [1.29, 1.82) is 0 Å². The molecule has 2 aromatic rings. The summed E-state index contributed by atoms with van der Waals surface area (Å²) in [4.78, 5) is 0.408. The Bertz CT molecular complexity index is 647. The van der Waals surface area contributed by atoms with E-state index >= 15 is 0 Å². The van der Waals surface area contributed by atoms with Crippen LogP contribution in [0.25, 0.3) is 10.8 Å². The van der Waals surface area contributed by atoms with E-state index in [2.05, 4.69) is 66.2 Å². The number of rotatable bonds is 3. The molecule has 1 aliphatic rings. The third-order valence-corrected chi connectivity index (χ3v) is 6.26. The van der Waals surface area contributed by atoms with Gasteiger partial charge in [-0.15, -0.1) is 0 Å². The molecule has 1 nitrogen and oxygen atoms in total. The number of ether oxygens (including phenoxy) is 1. The first-order chi connectivity index (χ1) is 10.0. The molecule has 0 aliphatic heterocycles. The van der Waals surface area contributed by atoms with Crippen LogP contribution in [0.3, 0.4) is 0 Å². The molecule has 2 heteroatoms. The van der Waals surface area contributed by atoms with Gasteiger partial charge in [-0.25, -0.2) is 0 Å². The predicted octanol–water partition coefficient (Wildman–Crippen LogP) is 6.11. The summed E-state index contributed by atoms with van der Waals surface area (Å²) in [5.41, 5.74) is 1.81. The summed E-state index contributed by atoms with van der Waals surface area (Å²) in [5.74, 6) is 1.65. The van der Waals surface area contributed by atoms with Crippen molar-refractivity contribution < 1.29 is 4.74 Å². The number of benzene rings is 2. The Kier molecular flexibility index (Phi) is 4.00. The minimum atomic E-state index is 0.408. The minimum absolute atomic E-state index is 0.408. The van der Waals surface area contributed by atoms with E-state index < -0.39 is 0 Å². The van der Waals surface area contributed by atoms with Crippen LogP contribution in [-0.2, 0) is 0 Å². The van der Waals surface area contributed by atoms with Gasteiger partial charge >= 0.3 is 0 Å². The molecule has 3 rings (SSSR count). The Morgan fingerprint density at radius 1 is 1.14 bits per heavy atom. The van der Waals surface area contributed by atoms with E-state index in [-0.39, 0.29) is 0 Å². The van der Waals surface area contributed by atoms with Crippen molar-refractivity contribution in [2.75, 3.05) is 7.11 Å². The van der Waals surface area contributed by atoms with E-state index in [1.165, 1.54) is 35.6 Å². The average Bonchev–Trinajstić information content (AvgIpc) is 2.85. The van der Waals surface area contributed by atoms with Gasteiger partial charge in [-0.1, -0.05) is 66.5 Å². The molecule has 0 heterocycles. The number of hydrogen-bond donors (Lipinski definition) is 0. The Morgan fingerprint density at radius 2 is 1.86 bits per heavy atom. The maximum Gasteiger partial charge on any atom is 0.126 e. The van der Waals surface area contributed by atoms with Crippen LogP contribution in [0, 0.1) is 11.3 Å². The standard InChI is InChI=1S/C19H23BrO/c1-19(2)12-6-9-16(19)18(20)15-10-11-17(21-3)14-8-5-4-7-13(14)15/h4-5,7-8,10-11,16,18H,6,9,12H2,1-3H3. The molecular formula is C19H23BrO. The molecule has 2 atom stereocenters. The Morgan fingerprint density at radius 3 is 2.48 bits per heavy atom. The zero-order valence-electron chi connectivity index (χ0n) is 13.0. The zero-order chi connectivity index (χ0) is 15.0. The summed E-state index contributed by atoms with van der Waals surface area (Å²) >= 11 is 4.02. The number of fused-ring (bicyclic) bond motifs is 1. The third kappa shape index (κ3) is 2.59. The summed E-state index contributed by atoms with van der Waals surface area (Å²) in [7, 11) is 1.74. The molecule has 0 amide bonds. The molecule has 112 valence electrons. The quantitative estimate of drug-likeness (QED) is 0.609. The van der Waals surface area contributed by atoms with Crippen LogP contribution in [0.1, 0.15) is 43.5 Å². The van der Waals surface area contributed by atoms with E-state index in [0.717, 1.165) is 5.75 Å². The average molecular weight is 347 g/mol. The molecule has 2 aromatic carbocycles. The number of halogens is 1. The molecular weight excluding hydrogens is 324 g/mol. The molecule has 1 fully saturated rings. The Hall–Kier alpha value is -1.02. The molecule has 0 radical (unpaired) electrons. The van der Waals surface area contributed by atoms with Crippen molar-refractivity contribution in [3.05, 3.63) is 42.0 Å². The molecule has 1 aliphatic carbocycles. The van der Waals surface area contributed by atoms with Gasteiger partial charge in [0.1, 0.15) is 5.75 Å². The second-order valence-electron chi connectivity index (χ2n) is 6.79. The lowest BCUT2D eigenvalue weighted by Gasteiger charge is -2.32. The lowest BCUT2D eigenvalue weighted by atomic mass is 9.78. The fourth-order valence-electron chi connectivity index (χ4n) is 3.83. The highest BCUT2D eigenvalue weighted by Crippen LogP contribution is 2.53. The summed E-state index contributed by atoms with van der Waals surface area (Å²) in [5, 5.41) is 2.51. The van der Waals surface area contributed by atoms with Gasteiger partial charge in [0.25, 0.3) is 0 Å². The first-order valence-corrected chi connectivity index (χ1v) is 8.66. The van der Waals surface area contributed by atoms with Crippen molar-refractivity contribution >= 4 is 26.7 Å². The van der Waals surface area contributed by atoms with E-state index in [9.17, 15) is 0 Å². The summed E-state index contributed by atoms with van der Waals surface area (Å²) in [6, 6.07) is 12.9. The van der Waals surface area contributed by atoms with Gasteiger partial charge in [-0.3, -0.25) is 0 Å². The molecule has 2 unspecified atom stereocenters. The molecule has 0 spiro atoms. The van der Waals surface area contributed by atoms with E-state index in [1.807, 2.05) is 0 Å². The molecule has 0 bridgehead atoms. The first-order valence-electron chi connectivity index (χ1n) is 7.74. The zero-order valence-corrected chi connectivity index (χ0v) is 14.6. The van der Waals surface area contributed by atoms with Gasteiger partial charge < -0.3 is 4.74 Å². The van der Waals surface area contributed by atoms with Crippen molar-refractivity contribution in [2.24, 2.45) is 11.3 Å². The predicted molar refractivity (Wildman–Crippen MR) is 93.3 cm³/mol. The molecule has 0 N–H and O–H groups in total. The maximum atomic E-state index is 5.51. The SMILES string of the molecule is COc1ccc(C(Br)C2CCCC2(C)C)c2ccccc12. The van der Waals surface area contributed by atoms with Crippen LogP contribution in [0.4, 0.5) is 0 Å². The highest BCUT2D eigenvalue weighted by Gasteiger charge is 2.39. The van der Waals surface area contributed by atoms with Gasteiger partial charge in [-0.2, -0.15) is 0 Å². The molecule has 21 heavy (non-hydrogen) atoms. The van der Waals surface area contributed by atoms with E-state index in [4.69, 9.17) is 4.74 Å². The smallest absolute Gasteiger partial charge is 0.126 e. The molecule has 0 aromatic heterocycles. The number of alkyl halides is 1. The monoisotopic (exact) mass is 346 g/mol. The van der Waals surface area contributed by atoms with Crippen LogP contribution in [0.5, 0.6) is 5.75 Å². The first kappa shape index (κ1) is 14.9. The highest BCUT2D eigenvalue weighted by molar-refractivity contribution is 9.09.